The number of hydrogen-bond acceptors (Lipinski definition) is 2. The van der Waals surface area contributed by atoms with Gasteiger partial charge in [0.05, 0.1) is 5.69 Å². The maximum atomic E-state index is 4.19. The molecule has 2 aromatic rings. The van der Waals surface area contributed by atoms with E-state index in [2.05, 4.69) is 67.3 Å². The minimum absolute atomic E-state index is 0.759. The van der Waals surface area contributed by atoms with Gasteiger partial charge < -0.3 is 5.32 Å². The molecule has 1 aromatic carbocycles. The zero-order valence-electron chi connectivity index (χ0n) is 10.3. The minimum Gasteiger partial charge on any atom is -0.379 e. The second-order valence-corrected chi connectivity index (χ2v) is 6.04. The van der Waals surface area contributed by atoms with Crippen LogP contribution in [0.1, 0.15) is 16.7 Å². The summed E-state index contributed by atoms with van der Waals surface area (Å²) in [6.45, 7) is 4.88. The van der Waals surface area contributed by atoms with Crippen molar-refractivity contribution in [3.8, 4) is 0 Å². The van der Waals surface area contributed by atoms with Crippen molar-refractivity contribution in [3.63, 3.8) is 0 Å². The molecule has 0 atom stereocenters. The SMILES string of the molecule is Cc1cncc(CNc2c(Br)cc(C)cc2Br)c1. The van der Waals surface area contributed by atoms with Crippen molar-refractivity contribution in [1.82, 2.24) is 4.98 Å². The van der Waals surface area contributed by atoms with Crippen molar-refractivity contribution in [1.29, 1.82) is 0 Å². The van der Waals surface area contributed by atoms with Gasteiger partial charge in [-0.3, -0.25) is 4.98 Å². The Morgan fingerprint density at radius 1 is 1.00 bits per heavy atom. The second kappa shape index (κ2) is 5.85. The maximum Gasteiger partial charge on any atom is 0.0631 e. The van der Waals surface area contributed by atoms with Crippen molar-refractivity contribution in [2.45, 2.75) is 20.4 Å². The Kier molecular flexibility index (Phi) is 4.40. The fourth-order valence-electron chi connectivity index (χ4n) is 1.77. The number of aromatic nitrogens is 1. The van der Waals surface area contributed by atoms with Gasteiger partial charge in [-0.05, 0) is 74.5 Å². The molecular weight excluding hydrogens is 356 g/mol. The summed E-state index contributed by atoms with van der Waals surface area (Å²) in [5.41, 5.74) is 4.64. The number of rotatable bonds is 3. The van der Waals surface area contributed by atoms with E-state index < -0.39 is 0 Å². The van der Waals surface area contributed by atoms with E-state index in [-0.39, 0.29) is 0 Å². The van der Waals surface area contributed by atoms with Gasteiger partial charge in [0.2, 0.25) is 0 Å². The summed E-state index contributed by atoms with van der Waals surface area (Å²) in [6, 6.07) is 6.33. The van der Waals surface area contributed by atoms with Crippen LogP contribution < -0.4 is 5.32 Å². The van der Waals surface area contributed by atoms with E-state index in [9.17, 15) is 0 Å². The van der Waals surface area contributed by atoms with Crippen LogP contribution in [-0.2, 0) is 6.54 Å². The Bertz CT molecular complexity index is 544. The van der Waals surface area contributed by atoms with Crippen LogP contribution >= 0.6 is 31.9 Å². The summed E-state index contributed by atoms with van der Waals surface area (Å²) >= 11 is 7.16. The Morgan fingerprint density at radius 3 is 2.28 bits per heavy atom. The van der Waals surface area contributed by atoms with E-state index in [4.69, 9.17) is 0 Å². The van der Waals surface area contributed by atoms with Gasteiger partial charge in [-0.15, -0.1) is 0 Å². The molecule has 0 fully saturated rings. The fraction of sp³-hybridized carbons (Fsp3) is 0.214. The molecule has 0 aliphatic heterocycles. The molecule has 1 N–H and O–H groups in total. The van der Waals surface area contributed by atoms with Crippen molar-refractivity contribution in [2.75, 3.05) is 5.32 Å². The van der Waals surface area contributed by atoms with Gasteiger partial charge in [0.1, 0.15) is 0 Å². The topological polar surface area (TPSA) is 24.9 Å². The Morgan fingerprint density at radius 2 is 1.67 bits per heavy atom. The molecule has 0 spiro atoms. The molecule has 0 bridgehead atoms. The first kappa shape index (κ1) is 13.6. The highest BCUT2D eigenvalue weighted by Crippen LogP contribution is 2.32. The van der Waals surface area contributed by atoms with Gasteiger partial charge in [-0.2, -0.15) is 0 Å². The Labute approximate surface area is 124 Å². The summed E-state index contributed by atoms with van der Waals surface area (Å²) in [5, 5.41) is 3.42. The largest absolute Gasteiger partial charge is 0.379 e. The molecule has 0 aliphatic rings. The van der Waals surface area contributed by atoms with Crippen LogP contribution in [0.3, 0.4) is 0 Å². The lowest BCUT2D eigenvalue weighted by Crippen LogP contribution is -2.02. The molecule has 2 rings (SSSR count). The molecular formula is C14H14Br2N2. The van der Waals surface area contributed by atoms with Gasteiger partial charge in [0.15, 0.2) is 0 Å². The smallest absolute Gasteiger partial charge is 0.0631 e. The maximum absolute atomic E-state index is 4.19. The monoisotopic (exact) mass is 368 g/mol. The van der Waals surface area contributed by atoms with Gasteiger partial charge in [-0.25, -0.2) is 0 Å². The molecule has 4 heteroatoms. The van der Waals surface area contributed by atoms with E-state index in [0.717, 1.165) is 21.2 Å². The number of anilines is 1. The molecule has 1 heterocycles. The third-order valence-electron chi connectivity index (χ3n) is 2.59. The average Bonchev–Trinajstić information content (AvgIpc) is 2.27. The second-order valence-electron chi connectivity index (χ2n) is 4.33. The molecule has 18 heavy (non-hydrogen) atoms. The minimum atomic E-state index is 0.759. The summed E-state index contributed by atoms with van der Waals surface area (Å²) in [4.78, 5) is 4.19. The molecule has 0 aliphatic carbocycles. The molecule has 94 valence electrons. The lowest BCUT2D eigenvalue weighted by Gasteiger charge is -2.12. The predicted octanol–water partition coefficient (Wildman–Crippen LogP) is 4.84. The normalized spacial score (nSPS) is 10.4. The predicted molar refractivity (Wildman–Crippen MR) is 82.9 cm³/mol. The molecule has 0 radical (unpaired) electrons. The number of aryl methyl sites for hydroxylation is 2. The van der Waals surface area contributed by atoms with Crippen molar-refractivity contribution in [3.05, 3.63) is 56.2 Å². The Balaban J connectivity index is 2.16. The van der Waals surface area contributed by atoms with Crippen LogP contribution in [-0.4, -0.2) is 4.98 Å². The highest BCUT2D eigenvalue weighted by Gasteiger charge is 2.06. The van der Waals surface area contributed by atoms with Gasteiger partial charge >= 0.3 is 0 Å². The van der Waals surface area contributed by atoms with Gasteiger partial charge in [0, 0.05) is 27.9 Å². The molecule has 1 aromatic heterocycles. The number of nitrogens with one attached hydrogen (secondary N) is 1. The van der Waals surface area contributed by atoms with Crippen LogP contribution in [0, 0.1) is 13.8 Å². The van der Waals surface area contributed by atoms with Crippen LogP contribution in [0.5, 0.6) is 0 Å². The number of hydrogen-bond donors (Lipinski definition) is 1. The number of benzene rings is 1. The van der Waals surface area contributed by atoms with Crippen LogP contribution in [0.2, 0.25) is 0 Å². The molecule has 0 saturated heterocycles. The zero-order valence-corrected chi connectivity index (χ0v) is 13.5. The van der Waals surface area contributed by atoms with E-state index in [1.807, 2.05) is 19.3 Å². The first-order valence-corrected chi connectivity index (χ1v) is 7.25. The number of halogens is 2. The Hall–Kier alpha value is -0.870. The van der Waals surface area contributed by atoms with Gasteiger partial charge in [0.25, 0.3) is 0 Å². The first-order chi connectivity index (χ1) is 8.56. The van der Waals surface area contributed by atoms with Crippen molar-refractivity contribution < 1.29 is 0 Å². The van der Waals surface area contributed by atoms with E-state index >= 15 is 0 Å². The summed E-state index contributed by atoms with van der Waals surface area (Å²) in [6.07, 6.45) is 3.75. The summed E-state index contributed by atoms with van der Waals surface area (Å²) < 4.78 is 2.13. The zero-order chi connectivity index (χ0) is 13.1. The fourth-order valence-corrected chi connectivity index (χ4v) is 3.47. The lowest BCUT2D eigenvalue weighted by molar-refractivity contribution is 1.09. The van der Waals surface area contributed by atoms with Crippen molar-refractivity contribution in [2.24, 2.45) is 0 Å². The lowest BCUT2D eigenvalue weighted by atomic mass is 10.2. The summed E-state index contributed by atoms with van der Waals surface area (Å²) in [7, 11) is 0. The molecule has 2 nitrogen and oxygen atoms in total. The first-order valence-electron chi connectivity index (χ1n) is 5.66. The van der Waals surface area contributed by atoms with E-state index in [0.29, 0.717) is 0 Å². The quantitative estimate of drug-likeness (QED) is 0.837. The number of pyridine rings is 1. The van der Waals surface area contributed by atoms with Crippen molar-refractivity contribution >= 4 is 37.5 Å². The van der Waals surface area contributed by atoms with E-state index in [1.54, 1.807) is 0 Å². The average molecular weight is 370 g/mol. The van der Waals surface area contributed by atoms with E-state index in [1.165, 1.54) is 16.7 Å². The molecule has 0 unspecified atom stereocenters. The highest BCUT2D eigenvalue weighted by molar-refractivity contribution is 9.11. The number of nitrogens with zero attached hydrogens (tertiary/aromatic N) is 1. The van der Waals surface area contributed by atoms with Crippen LogP contribution in [0.15, 0.2) is 39.5 Å². The molecule has 0 amide bonds. The van der Waals surface area contributed by atoms with Crippen LogP contribution in [0.4, 0.5) is 5.69 Å². The third-order valence-corrected chi connectivity index (χ3v) is 3.84. The van der Waals surface area contributed by atoms with Gasteiger partial charge in [-0.1, -0.05) is 6.07 Å². The third kappa shape index (κ3) is 3.33. The summed E-state index contributed by atoms with van der Waals surface area (Å²) in [5.74, 6) is 0. The highest BCUT2D eigenvalue weighted by atomic mass is 79.9. The molecule has 0 saturated carbocycles. The van der Waals surface area contributed by atoms with Crippen LogP contribution in [0.25, 0.3) is 0 Å². The standard InChI is InChI=1S/C14H14Br2N2/c1-9-4-12(15)14(13(16)5-9)18-8-11-3-10(2)6-17-7-11/h3-7,18H,8H2,1-2H3.